The zero-order chi connectivity index (χ0) is 18.7. The smallest absolute Gasteiger partial charge is 0.337 e. The van der Waals surface area contributed by atoms with Crippen molar-refractivity contribution in [3.05, 3.63) is 53.6 Å². The highest BCUT2D eigenvalue weighted by molar-refractivity contribution is 7.22. The molecule has 6 nitrogen and oxygen atoms in total. The third-order valence-electron chi connectivity index (χ3n) is 3.50. The lowest BCUT2D eigenvalue weighted by Crippen LogP contribution is -2.12. The van der Waals surface area contributed by atoms with E-state index in [-0.39, 0.29) is 12.0 Å². The predicted octanol–water partition coefficient (Wildman–Crippen LogP) is 4.12. The van der Waals surface area contributed by atoms with Crippen LogP contribution in [0.1, 0.15) is 34.6 Å². The summed E-state index contributed by atoms with van der Waals surface area (Å²) in [6.07, 6.45) is 0.0292. The topological polar surface area (TPSA) is 77.5 Å². The van der Waals surface area contributed by atoms with E-state index >= 15 is 0 Å². The summed E-state index contributed by atoms with van der Waals surface area (Å²) >= 11 is 1.30. The maximum absolute atomic E-state index is 12.5. The molecule has 7 heteroatoms. The number of carbonyl (C=O) groups is 2. The number of nitrogens with zero attached hydrogens (tertiary/aromatic N) is 1. The molecule has 0 bridgehead atoms. The van der Waals surface area contributed by atoms with Crippen molar-refractivity contribution < 1.29 is 19.1 Å². The van der Waals surface area contributed by atoms with Crippen molar-refractivity contribution >= 4 is 38.6 Å². The van der Waals surface area contributed by atoms with Crippen LogP contribution in [0.3, 0.4) is 0 Å². The third kappa shape index (κ3) is 4.00. The monoisotopic (exact) mass is 370 g/mol. The van der Waals surface area contributed by atoms with Crippen molar-refractivity contribution in [2.75, 3.05) is 12.4 Å². The van der Waals surface area contributed by atoms with Crippen molar-refractivity contribution in [3.63, 3.8) is 0 Å². The predicted molar refractivity (Wildman–Crippen MR) is 101 cm³/mol. The first-order valence-electron chi connectivity index (χ1n) is 8.03. The van der Waals surface area contributed by atoms with Crippen LogP contribution < -0.4 is 10.1 Å². The van der Waals surface area contributed by atoms with Gasteiger partial charge in [0, 0.05) is 5.56 Å². The molecule has 2 aromatic carbocycles. The van der Waals surface area contributed by atoms with Crippen LogP contribution in [0.15, 0.2) is 42.5 Å². The van der Waals surface area contributed by atoms with E-state index in [0.717, 1.165) is 4.70 Å². The lowest BCUT2D eigenvalue weighted by atomic mass is 10.2. The molecule has 3 rings (SSSR count). The second kappa shape index (κ2) is 7.53. The summed E-state index contributed by atoms with van der Waals surface area (Å²) < 4.78 is 11.1. The van der Waals surface area contributed by atoms with Gasteiger partial charge < -0.3 is 9.47 Å². The number of thiazole rings is 1. The van der Waals surface area contributed by atoms with E-state index in [9.17, 15) is 9.59 Å². The molecular weight excluding hydrogens is 352 g/mol. The Morgan fingerprint density at radius 1 is 1.12 bits per heavy atom. The minimum atomic E-state index is -0.409. The van der Waals surface area contributed by atoms with E-state index in [4.69, 9.17) is 9.47 Å². The van der Waals surface area contributed by atoms with Crippen LogP contribution in [0.2, 0.25) is 0 Å². The number of hydrogen-bond donors (Lipinski definition) is 1. The first-order chi connectivity index (χ1) is 12.5. The molecule has 0 aliphatic rings. The van der Waals surface area contributed by atoms with E-state index in [1.165, 1.54) is 18.4 Å². The average molecular weight is 370 g/mol. The van der Waals surface area contributed by atoms with Crippen LogP contribution in [-0.4, -0.2) is 30.1 Å². The molecule has 0 saturated heterocycles. The Morgan fingerprint density at radius 3 is 2.65 bits per heavy atom. The van der Waals surface area contributed by atoms with Gasteiger partial charge in [0.15, 0.2) is 5.13 Å². The molecule has 26 heavy (non-hydrogen) atoms. The molecule has 1 N–H and O–H groups in total. The average Bonchev–Trinajstić information content (AvgIpc) is 3.01. The van der Waals surface area contributed by atoms with E-state index in [1.54, 1.807) is 36.4 Å². The van der Waals surface area contributed by atoms with E-state index in [1.807, 2.05) is 19.9 Å². The molecular formula is C19H18N2O4S. The fourth-order valence-electron chi connectivity index (χ4n) is 2.38. The molecule has 0 unspecified atom stereocenters. The molecule has 0 aliphatic carbocycles. The first kappa shape index (κ1) is 17.9. The molecule has 1 amide bonds. The van der Waals surface area contributed by atoms with Crippen LogP contribution >= 0.6 is 11.3 Å². The van der Waals surface area contributed by atoms with Crippen LogP contribution in [0.25, 0.3) is 10.2 Å². The number of aromatic nitrogens is 1. The van der Waals surface area contributed by atoms with Crippen LogP contribution in [0.5, 0.6) is 5.75 Å². The number of hydrogen-bond acceptors (Lipinski definition) is 6. The summed E-state index contributed by atoms with van der Waals surface area (Å²) in [5, 5.41) is 3.25. The Labute approximate surface area is 154 Å². The minimum absolute atomic E-state index is 0.0292. The van der Waals surface area contributed by atoms with Crippen molar-refractivity contribution in [2.24, 2.45) is 0 Å². The Morgan fingerprint density at radius 2 is 1.92 bits per heavy atom. The number of benzene rings is 2. The molecule has 1 aromatic heterocycles. The molecule has 0 radical (unpaired) electrons. The third-order valence-corrected chi connectivity index (χ3v) is 4.43. The van der Waals surface area contributed by atoms with Crippen LogP contribution in [-0.2, 0) is 4.74 Å². The van der Waals surface area contributed by atoms with E-state index in [2.05, 4.69) is 10.3 Å². The highest BCUT2D eigenvalue weighted by Crippen LogP contribution is 2.27. The minimum Gasteiger partial charge on any atom is -0.491 e. The number of esters is 1. The summed E-state index contributed by atoms with van der Waals surface area (Å²) in [6, 6.07) is 12.1. The Balaban J connectivity index is 1.80. The summed E-state index contributed by atoms with van der Waals surface area (Å²) in [5.74, 6) is -0.0426. The summed E-state index contributed by atoms with van der Waals surface area (Å²) in [6.45, 7) is 3.85. The Kier molecular flexibility index (Phi) is 5.18. The number of nitrogens with one attached hydrogen (secondary N) is 1. The summed E-state index contributed by atoms with van der Waals surface area (Å²) in [4.78, 5) is 28.5. The van der Waals surface area contributed by atoms with E-state index < -0.39 is 5.97 Å². The van der Waals surface area contributed by atoms with Gasteiger partial charge in [-0.05, 0) is 50.2 Å². The molecule has 0 spiro atoms. The zero-order valence-electron chi connectivity index (χ0n) is 14.6. The molecule has 3 aromatic rings. The van der Waals surface area contributed by atoms with Gasteiger partial charge in [-0.3, -0.25) is 10.1 Å². The zero-order valence-corrected chi connectivity index (χ0v) is 15.4. The van der Waals surface area contributed by atoms with Gasteiger partial charge in [-0.1, -0.05) is 17.4 Å². The quantitative estimate of drug-likeness (QED) is 0.684. The number of fused-ring (bicyclic) bond motifs is 1. The van der Waals surface area contributed by atoms with E-state index in [0.29, 0.717) is 27.5 Å². The molecule has 0 fully saturated rings. The van der Waals surface area contributed by atoms with Crippen molar-refractivity contribution in [2.45, 2.75) is 20.0 Å². The molecule has 0 atom stereocenters. The lowest BCUT2D eigenvalue weighted by molar-refractivity contribution is 0.0601. The lowest BCUT2D eigenvalue weighted by Gasteiger charge is -2.10. The number of rotatable bonds is 5. The van der Waals surface area contributed by atoms with Crippen molar-refractivity contribution in [1.82, 2.24) is 4.98 Å². The highest BCUT2D eigenvalue weighted by atomic mass is 32.1. The van der Waals surface area contributed by atoms with Gasteiger partial charge in [-0.2, -0.15) is 0 Å². The van der Waals surface area contributed by atoms with Gasteiger partial charge in [-0.15, -0.1) is 0 Å². The van der Waals surface area contributed by atoms with Crippen molar-refractivity contribution in [1.29, 1.82) is 0 Å². The number of ether oxygens (including phenoxy) is 2. The van der Waals surface area contributed by atoms with Crippen LogP contribution in [0, 0.1) is 0 Å². The number of amides is 1. The van der Waals surface area contributed by atoms with Gasteiger partial charge >= 0.3 is 5.97 Å². The van der Waals surface area contributed by atoms with Crippen molar-refractivity contribution in [3.8, 4) is 5.75 Å². The number of anilines is 1. The summed E-state index contributed by atoms with van der Waals surface area (Å²) in [5.41, 5.74) is 1.63. The standard InChI is InChI=1S/C19H18N2O4S/c1-11(2)25-14-6-4-5-12(9-14)17(22)21-19-20-15-8-7-13(18(23)24-3)10-16(15)26-19/h4-11H,1-3H3,(H,20,21,22). The second-order valence-electron chi connectivity index (χ2n) is 5.84. The molecule has 134 valence electrons. The SMILES string of the molecule is COC(=O)c1ccc2nc(NC(=O)c3cccc(OC(C)C)c3)sc2c1. The highest BCUT2D eigenvalue weighted by Gasteiger charge is 2.13. The Bertz CT molecular complexity index is 965. The Hall–Kier alpha value is -2.93. The van der Waals surface area contributed by atoms with Gasteiger partial charge in [0.25, 0.3) is 5.91 Å². The number of methoxy groups -OCH3 is 1. The fraction of sp³-hybridized carbons (Fsp3) is 0.211. The maximum atomic E-state index is 12.5. The van der Waals surface area contributed by atoms with Gasteiger partial charge in [0.2, 0.25) is 0 Å². The normalized spacial score (nSPS) is 10.8. The van der Waals surface area contributed by atoms with Crippen LogP contribution in [0.4, 0.5) is 5.13 Å². The molecule has 0 aliphatic heterocycles. The fourth-order valence-corrected chi connectivity index (χ4v) is 3.28. The maximum Gasteiger partial charge on any atom is 0.337 e. The molecule has 0 saturated carbocycles. The first-order valence-corrected chi connectivity index (χ1v) is 8.85. The largest absolute Gasteiger partial charge is 0.491 e. The van der Waals surface area contributed by atoms with Gasteiger partial charge in [-0.25, -0.2) is 9.78 Å². The number of carbonyl (C=O) groups excluding carboxylic acids is 2. The van der Waals surface area contributed by atoms with Gasteiger partial charge in [0.05, 0.1) is 29.0 Å². The molecule has 1 heterocycles. The van der Waals surface area contributed by atoms with Gasteiger partial charge in [0.1, 0.15) is 5.75 Å². The summed E-state index contributed by atoms with van der Waals surface area (Å²) in [7, 11) is 1.34. The second-order valence-corrected chi connectivity index (χ2v) is 6.87.